The SMILES string of the molecule is COC(=O)[C@H](F)[C@@H](Cc1ccc(-c2cccc(Cl)c2)cc1)NC(=O)CCC(=O)O. The maximum atomic E-state index is 14.5. The second kappa shape index (κ2) is 10.6. The van der Waals surface area contributed by atoms with Gasteiger partial charge < -0.3 is 15.2 Å². The Labute approximate surface area is 172 Å². The van der Waals surface area contributed by atoms with Crippen LogP contribution in [0.4, 0.5) is 4.39 Å². The van der Waals surface area contributed by atoms with Gasteiger partial charge in [0.15, 0.2) is 0 Å². The van der Waals surface area contributed by atoms with Crippen molar-refractivity contribution in [1.29, 1.82) is 0 Å². The summed E-state index contributed by atoms with van der Waals surface area (Å²) in [6.07, 6.45) is -2.75. The van der Waals surface area contributed by atoms with E-state index < -0.39 is 30.1 Å². The fraction of sp³-hybridized carbons (Fsp3) is 0.286. The van der Waals surface area contributed by atoms with E-state index in [2.05, 4.69) is 10.1 Å². The number of carbonyl (C=O) groups is 3. The molecule has 2 rings (SSSR count). The number of carbonyl (C=O) groups excluding carboxylic acids is 2. The first-order valence-electron chi connectivity index (χ1n) is 8.88. The summed E-state index contributed by atoms with van der Waals surface area (Å²) in [6, 6.07) is 13.3. The molecule has 0 saturated heterocycles. The third-order valence-electron chi connectivity index (χ3n) is 4.26. The number of halogens is 2. The normalized spacial score (nSPS) is 12.7. The number of alkyl halides is 1. The van der Waals surface area contributed by atoms with Gasteiger partial charge in [0.05, 0.1) is 19.6 Å². The monoisotopic (exact) mass is 421 g/mol. The summed E-state index contributed by atoms with van der Waals surface area (Å²) < 4.78 is 18.9. The molecule has 0 aliphatic rings. The predicted molar refractivity (Wildman–Crippen MR) is 106 cm³/mol. The van der Waals surface area contributed by atoms with E-state index in [0.717, 1.165) is 18.2 Å². The molecule has 0 heterocycles. The van der Waals surface area contributed by atoms with Gasteiger partial charge >= 0.3 is 11.9 Å². The van der Waals surface area contributed by atoms with Crippen LogP contribution < -0.4 is 5.32 Å². The van der Waals surface area contributed by atoms with Gasteiger partial charge in [-0.1, -0.05) is 48.0 Å². The number of methoxy groups -OCH3 is 1. The lowest BCUT2D eigenvalue weighted by molar-refractivity contribution is -0.148. The predicted octanol–water partition coefficient (Wildman–Crippen LogP) is 3.41. The average molecular weight is 422 g/mol. The fourth-order valence-corrected chi connectivity index (χ4v) is 2.95. The molecule has 29 heavy (non-hydrogen) atoms. The quantitative estimate of drug-likeness (QED) is 0.605. The third kappa shape index (κ3) is 6.87. The molecule has 6 nitrogen and oxygen atoms in total. The zero-order valence-electron chi connectivity index (χ0n) is 15.7. The van der Waals surface area contributed by atoms with Crippen LogP contribution in [0.3, 0.4) is 0 Å². The van der Waals surface area contributed by atoms with Crippen LogP contribution in [-0.4, -0.2) is 42.3 Å². The number of rotatable bonds is 9. The second-order valence-corrected chi connectivity index (χ2v) is 6.84. The van der Waals surface area contributed by atoms with Gasteiger partial charge in [-0.2, -0.15) is 0 Å². The number of aliphatic carboxylic acids is 1. The summed E-state index contributed by atoms with van der Waals surface area (Å²) in [5.41, 5.74) is 2.51. The molecule has 0 aliphatic carbocycles. The number of esters is 1. The standard InChI is InChI=1S/C21H21ClFNO5/c1-29-21(28)20(23)17(24-18(25)9-10-19(26)27)11-13-5-7-14(8-6-13)15-3-2-4-16(22)12-15/h2-8,12,17,20H,9-11H2,1H3,(H,24,25)(H,26,27)/t17-,20-/m1/s1. The van der Waals surface area contributed by atoms with Crippen molar-refractivity contribution < 1.29 is 28.6 Å². The van der Waals surface area contributed by atoms with Crippen molar-refractivity contribution in [3.05, 3.63) is 59.1 Å². The molecule has 0 saturated carbocycles. The van der Waals surface area contributed by atoms with Crippen LogP contribution >= 0.6 is 11.6 Å². The molecule has 0 radical (unpaired) electrons. The van der Waals surface area contributed by atoms with Gasteiger partial charge in [0.1, 0.15) is 0 Å². The van der Waals surface area contributed by atoms with Crippen LogP contribution in [0.5, 0.6) is 0 Å². The summed E-state index contributed by atoms with van der Waals surface area (Å²) in [5.74, 6) is -2.90. The Morgan fingerprint density at radius 2 is 1.79 bits per heavy atom. The van der Waals surface area contributed by atoms with E-state index in [-0.39, 0.29) is 19.3 Å². The summed E-state index contributed by atoms with van der Waals surface area (Å²) >= 11 is 6.00. The Morgan fingerprint density at radius 1 is 1.10 bits per heavy atom. The van der Waals surface area contributed by atoms with Gasteiger partial charge in [0.25, 0.3) is 0 Å². The summed E-state index contributed by atoms with van der Waals surface area (Å²) in [6.45, 7) is 0. The van der Waals surface area contributed by atoms with E-state index in [9.17, 15) is 18.8 Å². The zero-order valence-corrected chi connectivity index (χ0v) is 16.5. The number of hydrogen-bond acceptors (Lipinski definition) is 4. The molecule has 0 aromatic heterocycles. The minimum absolute atomic E-state index is 0.0326. The number of carboxylic acids is 1. The number of amides is 1. The molecule has 0 unspecified atom stereocenters. The Morgan fingerprint density at radius 3 is 2.38 bits per heavy atom. The van der Waals surface area contributed by atoms with Gasteiger partial charge in [0.2, 0.25) is 12.1 Å². The highest BCUT2D eigenvalue weighted by Gasteiger charge is 2.30. The van der Waals surface area contributed by atoms with Gasteiger partial charge in [0, 0.05) is 11.4 Å². The zero-order chi connectivity index (χ0) is 21.4. The molecule has 2 aromatic carbocycles. The molecule has 154 valence electrons. The highest BCUT2D eigenvalue weighted by Crippen LogP contribution is 2.23. The number of ether oxygens (including phenoxy) is 1. The van der Waals surface area contributed by atoms with Crippen LogP contribution in [0.2, 0.25) is 5.02 Å². The van der Waals surface area contributed by atoms with E-state index in [1.54, 1.807) is 18.2 Å². The molecular weight excluding hydrogens is 401 g/mol. The second-order valence-electron chi connectivity index (χ2n) is 6.40. The minimum atomic E-state index is -2.08. The molecule has 0 aliphatic heterocycles. The number of hydrogen-bond donors (Lipinski definition) is 2. The van der Waals surface area contributed by atoms with Crippen molar-refractivity contribution in [2.24, 2.45) is 0 Å². The Balaban J connectivity index is 2.13. The first-order valence-corrected chi connectivity index (χ1v) is 9.26. The van der Waals surface area contributed by atoms with Crippen molar-refractivity contribution in [2.75, 3.05) is 7.11 Å². The molecular formula is C21H21ClFNO5. The van der Waals surface area contributed by atoms with Crippen molar-refractivity contribution in [3.8, 4) is 11.1 Å². The van der Waals surface area contributed by atoms with E-state index in [1.807, 2.05) is 30.3 Å². The summed E-state index contributed by atoms with van der Waals surface area (Å²) in [4.78, 5) is 34.1. The third-order valence-corrected chi connectivity index (χ3v) is 4.49. The van der Waals surface area contributed by atoms with Crippen LogP contribution in [-0.2, 0) is 25.5 Å². The molecule has 0 fully saturated rings. The molecule has 2 atom stereocenters. The minimum Gasteiger partial charge on any atom is -0.481 e. The first kappa shape index (κ1) is 22.4. The molecule has 2 N–H and O–H groups in total. The number of nitrogens with one attached hydrogen (secondary N) is 1. The van der Waals surface area contributed by atoms with Crippen molar-refractivity contribution in [1.82, 2.24) is 5.32 Å². The van der Waals surface area contributed by atoms with E-state index in [1.165, 1.54) is 0 Å². The molecule has 0 bridgehead atoms. The van der Waals surface area contributed by atoms with E-state index >= 15 is 0 Å². The summed E-state index contributed by atoms with van der Waals surface area (Å²) in [7, 11) is 1.05. The molecule has 8 heteroatoms. The van der Waals surface area contributed by atoms with E-state index in [0.29, 0.717) is 10.6 Å². The lowest BCUT2D eigenvalue weighted by Gasteiger charge is -2.21. The molecule has 2 aromatic rings. The number of carboxylic acid groups (broad SMARTS) is 1. The maximum absolute atomic E-state index is 14.5. The van der Waals surface area contributed by atoms with Crippen molar-refractivity contribution in [2.45, 2.75) is 31.5 Å². The van der Waals surface area contributed by atoms with Crippen LogP contribution in [0.25, 0.3) is 11.1 Å². The van der Waals surface area contributed by atoms with Crippen LogP contribution in [0.1, 0.15) is 18.4 Å². The summed E-state index contributed by atoms with van der Waals surface area (Å²) in [5, 5.41) is 11.7. The molecule has 0 spiro atoms. The lowest BCUT2D eigenvalue weighted by atomic mass is 9.98. The van der Waals surface area contributed by atoms with Gasteiger partial charge in [-0.15, -0.1) is 0 Å². The van der Waals surface area contributed by atoms with Gasteiger partial charge in [-0.05, 0) is 35.2 Å². The van der Waals surface area contributed by atoms with Crippen molar-refractivity contribution >= 4 is 29.4 Å². The maximum Gasteiger partial charge on any atom is 0.342 e. The van der Waals surface area contributed by atoms with Crippen molar-refractivity contribution in [3.63, 3.8) is 0 Å². The lowest BCUT2D eigenvalue weighted by Crippen LogP contribution is -2.46. The fourth-order valence-electron chi connectivity index (χ4n) is 2.76. The van der Waals surface area contributed by atoms with Gasteiger partial charge in [-0.25, -0.2) is 9.18 Å². The van der Waals surface area contributed by atoms with Crippen LogP contribution in [0.15, 0.2) is 48.5 Å². The molecule has 1 amide bonds. The van der Waals surface area contributed by atoms with E-state index in [4.69, 9.17) is 16.7 Å². The largest absolute Gasteiger partial charge is 0.481 e. The Hall–Kier alpha value is -2.93. The Kier molecular flexibility index (Phi) is 8.15. The highest BCUT2D eigenvalue weighted by atomic mass is 35.5. The Bertz CT molecular complexity index is 872. The van der Waals surface area contributed by atoms with Crippen LogP contribution in [0, 0.1) is 0 Å². The highest BCUT2D eigenvalue weighted by molar-refractivity contribution is 6.30. The van der Waals surface area contributed by atoms with Gasteiger partial charge in [-0.3, -0.25) is 9.59 Å². The first-order chi connectivity index (χ1) is 13.8. The smallest absolute Gasteiger partial charge is 0.342 e. The topological polar surface area (TPSA) is 92.7 Å². The number of benzene rings is 2. The average Bonchev–Trinajstić information content (AvgIpc) is 2.71.